The van der Waals surface area contributed by atoms with Crippen molar-refractivity contribution in [3.8, 4) is 11.5 Å². The number of hydrogen-bond acceptors (Lipinski definition) is 5. The number of fused-ring (bicyclic) bond motifs is 2. The summed E-state index contributed by atoms with van der Waals surface area (Å²) in [6, 6.07) is 17.9. The second-order valence-corrected chi connectivity index (χ2v) is 8.09. The molecule has 0 spiro atoms. The van der Waals surface area contributed by atoms with Gasteiger partial charge in [0, 0.05) is 6.54 Å². The van der Waals surface area contributed by atoms with E-state index in [4.69, 9.17) is 13.9 Å². The van der Waals surface area contributed by atoms with Crippen molar-refractivity contribution < 1.29 is 23.1 Å². The molecule has 0 fully saturated rings. The molecule has 0 saturated carbocycles. The Kier molecular flexibility index (Phi) is 5.53. The van der Waals surface area contributed by atoms with E-state index in [1.54, 1.807) is 37.3 Å². The van der Waals surface area contributed by atoms with E-state index in [9.17, 15) is 14.0 Å². The smallest absolute Gasteiger partial charge is 0.290 e. The topological polar surface area (TPSA) is 69.0 Å². The van der Waals surface area contributed by atoms with Crippen LogP contribution in [0.3, 0.4) is 0 Å². The SMILES string of the molecule is COc1ccc(CCN2C(=O)c3oc4ccc(F)cc4c(=O)c3C2c2cccc(OC)c2)cc1. The van der Waals surface area contributed by atoms with Crippen LogP contribution in [-0.2, 0) is 6.42 Å². The fourth-order valence-electron chi connectivity index (χ4n) is 4.42. The molecule has 1 aliphatic heterocycles. The van der Waals surface area contributed by atoms with Crippen molar-refractivity contribution in [1.82, 2.24) is 4.90 Å². The van der Waals surface area contributed by atoms with E-state index in [1.165, 1.54) is 12.1 Å². The minimum Gasteiger partial charge on any atom is -0.497 e. The maximum absolute atomic E-state index is 13.9. The van der Waals surface area contributed by atoms with Gasteiger partial charge in [0.05, 0.1) is 31.2 Å². The van der Waals surface area contributed by atoms with Crippen LogP contribution < -0.4 is 14.9 Å². The molecular formula is C27H22FNO5. The van der Waals surface area contributed by atoms with E-state index in [2.05, 4.69) is 0 Å². The monoisotopic (exact) mass is 459 g/mol. The van der Waals surface area contributed by atoms with Crippen LogP contribution in [0.25, 0.3) is 11.0 Å². The highest BCUT2D eigenvalue weighted by molar-refractivity contribution is 5.99. The van der Waals surface area contributed by atoms with Crippen molar-refractivity contribution in [2.45, 2.75) is 12.5 Å². The molecule has 0 aliphatic carbocycles. The molecular weight excluding hydrogens is 437 g/mol. The van der Waals surface area contributed by atoms with E-state index in [0.717, 1.165) is 17.4 Å². The molecule has 1 aromatic heterocycles. The predicted octanol–water partition coefficient (Wildman–Crippen LogP) is 4.74. The van der Waals surface area contributed by atoms with Crippen LogP contribution in [0, 0.1) is 5.82 Å². The zero-order chi connectivity index (χ0) is 23.8. The molecule has 2 heterocycles. The Morgan fingerprint density at radius 1 is 0.941 bits per heavy atom. The normalized spacial score (nSPS) is 15.0. The van der Waals surface area contributed by atoms with Gasteiger partial charge in [0.2, 0.25) is 5.76 Å². The van der Waals surface area contributed by atoms with Crippen LogP contribution in [0.1, 0.15) is 33.3 Å². The summed E-state index contributed by atoms with van der Waals surface area (Å²) in [6.07, 6.45) is 0.562. The number of ether oxygens (including phenoxy) is 2. The first-order chi connectivity index (χ1) is 16.5. The van der Waals surface area contributed by atoms with Crippen LogP contribution in [0.2, 0.25) is 0 Å². The summed E-state index contributed by atoms with van der Waals surface area (Å²) >= 11 is 0. The van der Waals surface area contributed by atoms with Gasteiger partial charge in [0.1, 0.15) is 22.9 Å². The molecule has 1 atom stereocenters. The number of rotatable bonds is 6. The van der Waals surface area contributed by atoms with Crippen LogP contribution in [-0.4, -0.2) is 31.6 Å². The molecule has 34 heavy (non-hydrogen) atoms. The van der Waals surface area contributed by atoms with Crippen LogP contribution in [0.4, 0.5) is 4.39 Å². The van der Waals surface area contributed by atoms with Crippen molar-refractivity contribution in [2.75, 3.05) is 20.8 Å². The van der Waals surface area contributed by atoms with E-state index < -0.39 is 17.3 Å². The summed E-state index contributed by atoms with van der Waals surface area (Å²) in [5.74, 6) is 0.422. The molecule has 5 rings (SSSR count). The average Bonchev–Trinajstić information content (AvgIpc) is 3.15. The van der Waals surface area contributed by atoms with Gasteiger partial charge in [-0.05, 0) is 60.0 Å². The Morgan fingerprint density at radius 2 is 1.71 bits per heavy atom. The van der Waals surface area contributed by atoms with Crippen LogP contribution in [0.15, 0.2) is 75.9 Å². The minimum atomic E-state index is -0.681. The quantitative estimate of drug-likeness (QED) is 0.417. The van der Waals surface area contributed by atoms with Gasteiger partial charge in [-0.25, -0.2) is 4.39 Å². The standard InChI is InChI=1S/C27H22FNO5/c1-32-19-9-6-16(7-10-19)12-13-29-24(17-4-3-5-20(14-17)33-2)23-25(30)21-15-18(28)8-11-22(21)34-26(23)27(29)31/h3-11,14-15,24H,12-13H2,1-2H3. The number of amides is 1. The molecule has 0 N–H and O–H groups in total. The highest BCUT2D eigenvalue weighted by Gasteiger charge is 2.42. The molecule has 3 aromatic carbocycles. The molecule has 0 bridgehead atoms. The lowest BCUT2D eigenvalue weighted by molar-refractivity contribution is 0.0730. The minimum absolute atomic E-state index is 0.00772. The van der Waals surface area contributed by atoms with Gasteiger partial charge in [-0.3, -0.25) is 9.59 Å². The molecule has 4 aromatic rings. The van der Waals surface area contributed by atoms with Crippen molar-refractivity contribution in [2.24, 2.45) is 0 Å². The van der Waals surface area contributed by atoms with Crippen LogP contribution >= 0.6 is 0 Å². The van der Waals surface area contributed by atoms with E-state index in [0.29, 0.717) is 24.3 Å². The van der Waals surface area contributed by atoms with Gasteiger partial charge in [-0.1, -0.05) is 24.3 Å². The summed E-state index contributed by atoms with van der Waals surface area (Å²) in [4.78, 5) is 28.6. The van der Waals surface area contributed by atoms with Gasteiger partial charge in [0.25, 0.3) is 5.91 Å². The maximum atomic E-state index is 13.9. The Hall–Kier alpha value is -4.13. The van der Waals surface area contributed by atoms with Gasteiger partial charge in [-0.2, -0.15) is 0 Å². The summed E-state index contributed by atoms with van der Waals surface area (Å²) in [5, 5.41) is 0.108. The molecule has 1 aliphatic rings. The molecule has 0 radical (unpaired) electrons. The fraction of sp³-hybridized carbons (Fsp3) is 0.185. The Bertz CT molecular complexity index is 1440. The number of nitrogens with zero attached hydrogens (tertiary/aromatic N) is 1. The number of methoxy groups -OCH3 is 2. The van der Waals surface area contributed by atoms with E-state index >= 15 is 0 Å². The first-order valence-electron chi connectivity index (χ1n) is 10.8. The van der Waals surface area contributed by atoms with Crippen molar-refractivity contribution in [3.63, 3.8) is 0 Å². The van der Waals surface area contributed by atoms with Gasteiger partial charge >= 0.3 is 0 Å². The van der Waals surface area contributed by atoms with Crippen molar-refractivity contribution >= 4 is 16.9 Å². The molecule has 7 heteroatoms. The first-order valence-corrected chi connectivity index (χ1v) is 10.8. The zero-order valence-electron chi connectivity index (χ0n) is 18.7. The first kappa shape index (κ1) is 21.7. The molecule has 1 unspecified atom stereocenters. The third-order valence-electron chi connectivity index (χ3n) is 6.14. The average molecular weight is 459 g/mol. The summed E-state index contributed by atoms with van der Waals surface area (Å²) < 4.78 is 30.4. The Labute approximate surface area is 195 Å². The second-order valence-electron chi connectivity index (χ2n) is 8.09. The maximum Gasteiger partial charge on any atom is 0.290 e. The molecule has 172 valence electrons. The lowest BCUT2D eigenvalue weighted by atomic mass is 9.98. The zero-order valence-corrected chi connectivity index (χ0v) is 18.7. The fourth-order valence-corrected chi connectivity index (χ4v) is 4.42. The summed E-state index contributed by atoms with van der Waals surface area (Å²) in [5.41, 5.74) is 1.71. The lowest BCUT2D eigenvalue weighted by Crippen LogP contribution is -2.31. The van der Waals surface area contributed by atoms with Gasteiger partial charge < -0.3 is 18.8 Å². The van der Waals surface area contributed by atoms with Crippen molar-refractivity contribution in [1.29, 1.82) is 0 Å². The molecule has 6 nitrogen and oxygen atoms in total. The Balaban J connectivity index is 1.61. The predicted molar refractivity (Wildman–Crippen MR) is 125 cm³/mol. The third kappa shape index (κ3) is 3.69. The van der Waals surface area contributed by atoms with Crippen LogP contribution in [0.5, 0.6) is 11.5 Å². The number of benzene rings is 3. The molecule has 0 saturated heterocycles. The van der Waals surface area contributed by atoms with Crippen molar-refractivity contribution in [3.05, 3.63) is 105 Å². The number of carbonyl (C=O) groups excluding carboxylic acids is 1. The molecule has 1 amide bonds. The highest BCUT2D eigenvalue weighted by Crippen LogP contribution is 2.39. The van der Waals surface area contributed by atoms with Gasteiger partial charge in [-0.15, -0.1) is 0 Å². The summed E-state index contributed by atoms with van der Waals surface area (Å²) in [7, 11) is 3.16. The number of carbonyl (C=O) groups is 1. The highest BCUT2D eigenvalue weighted by atomic mass is 19.1. The summed E-state index contributed by atoms with van der Waals surface area (Å²) in [6.45, 7) is 0.349. The second kappa shape index (κ2) is 8.67. The number of hydrogen-bond donors (Lipinski definition) is 0. The third-order valence-corrected chi connectivity index (χ3v) is 6.14. The lowest BCUT2D eigenvalue weighted by Gasteiger charge is -2.25. The Morgan fingerprint density at radius 3 is 2.44 bits per heavy atom. The van der Waals surface area contributed by atoms with E-state index in [-0.39, 0.29) is 28.2 Å². The largest absolute Gasteiger partial charge is 0.497 e. The number of halogens is 1. The van der Waals surface area contributed by atoms with Gasteiger partial charge in [0.15, 0.2) is 5.43 Å². The van der Waals surface area contributed by atoms with E-state index in [1.807, 2.05) is 30.3 Å².